The van der Waals surface area contributed by atoms with Crippen molar-refractivity contribution in [2.45, 2.75) is 24.7 Å². The van der Waals surface area contributed by atoms with Crippen LogP contribution in [0.1, 0.15) is 27.8 Å². The molecule has 0 bridgehead atoms. The second-order valence-electron chi connectivity index (χ2n) is 12.8. The molecule has 0 aliphatic heterocycles. The van der Waals surface area contributed by atoms with Crippen LogP contribution in [0.25, 0.3) is 66.1 Å². The highest BCUT2D eigenvalue weighted by atomic mass is 19.4. The average molecular weight is 783 g/mol. The predicted molar refractivity (Wildman–Crippen MR) is 183 cm³/mol. The Balaban J connectivity index is 1.50. The van der Waals surface area contributed by atoms with Crippen LogP contribution >= 0.6 is 0 Å². The fraction of sp³-hybridized carbons (Fsp3) is 0.100. The van der Waals surface area contributed by atoms with E-state index in [1.54, 1.807) is 0 Å². The summed E-state index contributed by atoms with van der Waals surface area (Å²) in [6.07, 6.45) is -16.6. The number of nitrogens with zero attached hydrogens (tertiary/aromatic N) is 4. The van der Waals surface area contributed by atoms with Gasteiger partial charge in [-0.15, -0.1) is 0 Å². The van der Waals surface area contributed by atoms with E-state index in [1.165, 1.54) is 45.8 Å². The minimum Gasteiger partial charge on any atom is -0.309 e. The summed E-state index contributed by atoms with van der Waals surface area (Å²) < 4.78 is 170. The van der Waals surface area contributed by atoms with Crippen LogP contribution in [0.5, 0.6) is 0 Å². The number of hydrogen-bond acceptors (Lipinski definition) is 2. The fourth-order valence-electron chi connectivity index (χ4n) is 7.07. The van der Waals surface area contributed by atoms with Crippen LogP contribution in [0, 0.1) is 11.3 Å². The highest BCUT2D eigenvalue weighted by Crippen LogP contribution is 2.45. The third-order valence-corrected chi connectivity index (χ3v) is 9.55. The van der Waals surface area contributed by atoms with Gasteiger partial charge in [0.1, 0.15) is 6.07 Å². The van der Waals surface area contributed by atoms with E-state index in [-0.39, 0.29) is 66.1 Å². The summed E-state index contributed by atoms with van der Waals surface area (Å²) in [4.78, 5) is 4.01. The largest absolute Gasteiger partial charge is 0.416 e. The van der Waals surface area contributed by atoms with Crippen LogP contribution in [0.3, 0.4) is 0 Å². The van der Waals surface area contributed by atoms with Crippen molar-refractivity contribution in [1.29, 1.82) is 5.26 Å². The number of benzene rings is 5. The van der Waals surface area contributed by atoms with E-state index in [0.29, 0.717) is 17.7 Å². The Labute approximate surface area is 306 Å². The zero-order valence-corrected chi connectivity index (χ0v) is 27.7. The summed E-state index contributed by atoms with van der Waals surface area (Å²) in [6.45, 7) is 0. The Hall–Kier alpha value is -6.50. The van der Waals surface area contributed by atoms with Crippen molar-refractivity contribution in [3.63, 3.8) is 0 Å². The molecular weight excluding hydrogens is 764 g/mol. The molecule has 0 saturated carbocycles. The molecule has 0 saturated heterocycles. The lowest BCUT2D eigenvalue weighted by molar-refractivity contribution is -0.138. The second kappa shape index (κ2) is 12.3. The highest BCUT2D eigenvalue weighted by Gasteiger charge is 2.35. The van der Waals surface area contributed by atoms with Crippen LogP contribution < -0.4 is 0 Å². The van der Waals surface area contributed by atoms with Gasteiger partial charge in [-0.25, -0.2) is 0 Å². The molecule has 0 atom stereocenters. The van der Waals surface area contributed by atoms with Crippen LogP contribution in [0.15, 0.2) is 109 Å². The van der Waals surface area contributed by atoms with E-state index >= 15 is 0 Å². The monoisotopic (exact) mass is 782 g/mol. The molecule has 0 radical (unpaired) electrons. The van der Waals surface area contributed by atoms with Gasteiger partial charge in [-0.05, 0) is 103 Å². The van der Waals surface area contributed by atoms with Crippen molar-refractivity contribution >= 4 is 43.6 Å². The summed E-state index contributed by atoms with van der Waals surface area (Å²) in [6, 6.07) is 18.0. The molecule has 16 heteroatoms. The third kappa shape index (κ3) is 5.94. The van der Waals surface area contributed by atoms with Crippen LogP contribution in [0.4, 0.5) is 52.7 Å². The maximum Gasteiger partial charge on any atom is 0.416 e. The molecule has 8 aromatic rings. The number of alkyl halides is 12. The van der Waals surface area contributed by atoms with Gasteiger partial charge in [0.2, 0.25) is 0 Å². The number of rotatable bonds is 3. The number of hydrogen-bond donors (Lipinski definition) is 0. The van der Waals surface area contributed by atoms with Crippen molar-refractivity contribution in [3.8, 4) is 28.6 Å². The van der Waals surface area contributed by atoms with E-state index in [9.17, 15) is 57.9 Å². The Morgan fingerprint density at radius 1 is 0.429 bits per heavy atom. The number of aromatic nitrogens is 3. The van der Waals surface area contributed by atoms with E-state index in [0.717, 1.165) is 60.7 Å². The van der Waals surface area contributed by atoms with Gasteiger partial charge in [0, 0.05) is 39.5 Å². The van der Waals surface area contributed by atoms with Gasteiger partial charge in [-0.1, -0.05) is 0 Å². The molecule has 56 heavy (non-hydrogen) atoms. The lowest BCUT2D eigenvalue weighted by Gasteiger charge is -2.19. The van der Waals surface area contributed by atoms with Gasteiger partial charge >= 0.3 is 24.7 Å². The summed E-state index contributed by atoms with van der Waals surface area (Å²) in [5.41, 5.74) is -3.90. The summed E-state index contributed by atoms with van der Waals surface area (Å²) in [5.74, 6) is 0. The molecule has 0 aliphatic rings. The predicted octanol–water partition coefficient (Wildman–Crippen LogP) is 12.9. The molecule has 0 aliphatic carbocycles. The molecule has 3 heterocycles. The van der Waals surface area contributed by atoms with Gasteiger partial charge in [-0.3, -0.25) is 4.98 Å². The van der Waals surface area contributed by atoms with Gasteiger partial charge in [0.15, 0.2) is 0 Å². The van der Waals surface area contributed by atoms with Crippen molar-refractivity contribution in [3.05, 3.63) is 137 Å². The quantitative estimate of drug-likeness (QED) is 0.168. The van der Waals surface area contributed by atoms with E-state index in [4.69, 9.17) is 0 Å². The smallest absolute Gasteiger partial charge is 0.309 e. The molecule has 282 valence electrons. The van der Waals surface area contributed by atoms with Gasteiger partial charge in [-0.2, -0.15) is 57.9 Å². The molecule has 8 rings (SSSR count). The first-order valence-corrected chi connectivity index (χ1v) is 16.2. The molecule has 0 fully saturated rings. The first-order chi connectivity index (χ1) is 26.3. The standard InChI is InChI=1S/C40H18F12N4/c41-37(42,43)22-1-5-31-27(14-22)28-15-23(38(44,45)46)2-6-32(28)55(31)35-18-26(20-9-11-54-12-10-20)36(13-21(35)19-53)56-33-7-3-24(39(47,48)49)16-29(33)30-17-25(40(50,51)52)4-8-34(30)56/h1-18H. The number of pyridine rings is 1. The first kappa shape index (κ1) is 36.5. The summed E-state index contributed by atoms with van der Waals surface area (Å²) in [5, 5.41) is 9.81. The molecule has 0 N–H and O–H groups in total. The van der Waals surface area contributed by atoms with Gasteiger partial charge in [0.25, 0.3) is 0 Å². The molecule has 3 aromatic heterocycles. The molecule has 0 spiro atoms. The van der Waals surface area contributed by atoms with Gasteiger partial charge < -0.3 is 9.13 Å². The summed E-state index contributed by atoms with van der Waals surface area (Å²) >= 11 is 0. The zero-order valence-electron chi connectivity index (χ0n) is 27.7. The number of nitriles is 1. The van der Waals surface area contributed by atoms with Crippen LogP contribution in [-0.2, 0) is 24.7 Å². The topological polar surface area (TPSA) is 46.5 Å². The second-order valence-corrected chi connectivity index (χ2v) is 12.8. The maximum atomic E-state index is 13.9. The van der Waals surface area contributed by atoms with Crippen molar-refractivity contribution in [1.82, 2.24) is 14.1 Å². The first-order valence-electron chi connectivity index (χ1n) is 16.2. The SMILES string of the molecule is N#Cc1cc(-n2c3ccc(C(F)(F)F)cc3c3cc(C(F)(F)F)ccc32)c(-c2ccncc2)cc1-n1c2ccc(C(F)(F)F)cc2c2cc(C(F)(F)F)ccc21. The van der Waals surface area contributed by atoms with Crippen molar-refractivity contribution < 1.29 is 52.7 Å². The van der Waals surface area contributed by atoms with Crippen molar-refractivity contribution in [2.24, 2.45) is 0 Å². The molecule has 5 aromatic carbocycles. The Morgan fingerprint density at radius 2 is 0.768 bits per heavy atom. The number of fused-ring (bicyclic) bond motifs is 6. The highest BCUT2D eigenvalue weighted by molar-refractivity contribution is 6.12. The van der Waals surface area contributed by atoms with Gasteiger partial charge in [0.05, 0.1) is 61.3 Å². The Bertz CT molecular complexity index is 2780. The van der Waals surface area contributed by atoms with E-state index in [2.05, 4.69) is 4.98 Å². The average Bonchev–Trinajstić information content (AvgIpc) is 3.64. The fourth-order valence-corrected chi connectivity index (χ4v) is 7.07. The van der Waals surface area contributed by atoms with E-state index < -0.39 is 47.0 Å². The molecule has 0 unspecified atom stereocenters. The lowest BCUT2D eigenvalue weighted by Crippen LogP contribution is -2.06. The summed E-state index contributed by atoms with van der Waals surface area (Å²) in [7, 11) is 0. The zero-order chi connectivity index (χ0) is 40.1. The van der Waals surface area contributed by atoms with E-state index in [1.807, 2.05) is 6.07 Å². The Kier molecular flexibility index (Phi) is 7.98. The normalized spacial score (nSPS) is 13.0. The molecule has 4 nitrogen and oxygen atoms in total. The van der Waals surface area contributed by atoms with Crippen molar-refractivity contribution in [2.75, 3.05) is 0 Å². The number of halogens is 12. The van der Waals surface area contributed by atoms with Crippen LogP contribution in [0.2, 0.25) is 0 Å². The lowest BCUT2D eigenvalue weighted by atomic mass is 10.00. The minimum atomic E-state index is -4.86. The Morgan fingerprint density at radius 3 is 1.09 bits per heavy atom. The third-order valence-electron chi connectivity index (χ3n) is 9.55. The maximum absolute atomic E-state index is 13.9. The molecular formula is C40H18F12N4. The molecule has 0 amide bonds. The van der Waals surface area contributed by atoms with Crippen LogP contribution in [-0.4, -0.2) is 14.1 Å². The minimum absolute atomic E-state index is 0.00191.